The maximum absolute atomic E-state index is 13.3. The fourth-order valence-electron chi connectivity index (χ4n) is 2.40. The first-order valence-corrected chi connectivity index (χ1v) is 7.06. The largest absolute Gasteiger partial charge is 0.419 e. The van der Waals surface area contributed by atoms with Gasteiger partial charge in [-0.3, -0.25) is 4.57 Å². The van der Waals surface area contributed by atoms with Gasteiger partial charge in [0.25, 0.3) is 0 Å². The van der Waals surface area contributed by atoms with Crippen LogP contribution in [-0.4, -0.2) is 4.57 Å². The molecular weight excluding hydrogens is 293 g/mol. The van der Waals surface area contributed by atoms with Crippen LogP contribution in [0.1, 0.15) is 23.4 Å². The Hall–Kier alpha value is -2.07. The number of hydrogen-bond acceptors (Lipinski definition) is 2. The van der Waals surface area contributed by atoms with Gasteiger partial charge in [0.15, 0.2) is 5.58 Å². The first-order valence-electron chi connectivity index (χ1n) is 6.63. The van der Waals surface area contributed by atoms with E-state index in [1.807, 2.05) is 13.0 Å². The third kappa shape index (κ3) is 2.47. The van der Waals surface area contributed by atoms with Crippen LogP contribution in [0.15, 0.2) is 51.7 Å². The number of oxazole rings is 1. The van der Waals surface area contributed by atoms with Gasteiger partial charge in [-0.25, -0.2) is 9.18 Å². The highest BCUT2D eigenvalue weighted by Gasteiger charge is 2.15. The Balaban J connectivity index is 2.07. The van der Waals surface area contributed by atoms with E-state index in [9.17, 15) is 9.18 Å². The lowest BCUT2D eigenvalue weighted by molar-refractivity contribution is 0.513. The molecule has 0 saturated heterocycles. The van der Waals surface area contributed by atoms with Crippen molar-refractivity contribution in [3.05, 3.63) is 70.0 Å². The summed E-state index contributed by atoms with van der Waals surface area (Å²) in [6.45, 7) is 2.42. The van der Waals surface area contributed by atoms with Crippen LogP contribution >= 0.6 is 11.6 Å². The van der Waals surface area contributed by atoms with E-state index in [2.05, 4.69) is 0 Å². The minimum Gasteiger partial charge on any atom is -0.408 e. The summed E-state index contributed by atoms with van der Waals surface area (Å²) >= 11 is 6.39. The number of alkyl halides is 1. The van der Waals surface area contributed by atoms with E-state index in [1.165, 1.54) is 12.1 Å². The predicted octanol–water partition coefficient (Wildman–Crippen LogP) is 4.08. The van der Waals surface area contributed by atoms with E-state index >= 15 is 0 Å². The summed E-state index contributed by atoms with van der Waals surface area (Å²) in [4.78, 5) is 11.7. The minimum atomic E-state index is -0.500. The van der Waals surface area contributed by atoms with Crippen LogP contribution in [0, 0.1) is 5.82 Å². The molecule has 3 rings (SSSR count). The number of aromatic nitrogens is 1. The topological polar surface area (TPSA) is 35.1 Å². The molecule has 0 aliphatic rings. The van der Waals surface area contributed by atoms with Crippen molar-refractivity contribution in [1.82, 2.24) is 4.57 Å². The summed E-state index contributed by atoms with van der Waals surface area (Å²) in [6.07, 6.45) is 0. The zero-order chi connectivity index (χ0) is 15.0. The van der Waals surface area contributed by atoms with Crippen molar-refractivity contribution >= 4 is 22.7 Å². The van der Waals surface area contributed by atoms with Crippen molar-refractivity contribution in [2.45, 2.75) is 18.8 Å². The summed E-state index contributed by atoms with van der Waals surface area (Å²) in [5.74, 6) is -0.718. The molecule has 0 aliphatic heterocycles. The van der Waals surface area contributed by atoms with E-state index in [1.54, 1.807) is 28.8 Å². The average Bonchev–Trinajstić information content (AvgIpc) is 2.80. The van der Waals surface area contributed by atoms with E-state index in [4.69, 9.17) is 16.0 Å². The normalized spacial score (nSPS) is 12.7. The fourth-order valence-corrected chi connectivity index (χ4v) is 2.67. The molecule has 0 aliphatic carbocycles. The molecule has 108 valence electrons. The quantitative estimate of drug-likeness (QED) is 0.683. The number of nitrogens with zero attached hydrogens (tertiary/aromatic N) is 1. The Morgan fingerprint density at radius 1 is 1.24 bits per heavy atom. The molecule has 0 spiro atoms. The number of rotatable bonds is 3. The van der Waals surface area contributed by atoms with E-state index in [0.29, 0.717) is 17.7 Å². The maximum atomic E-state index is 13.3. The fraction of sp³-hybridized carbons (Fsp3) is 0.188. The van der Waals surface area contributed by atoms with Gasteiger partial charge in [-0.05, 0) is 42.3 Å². The van der Waals surface area contributed by atoms with E-state index in [0.717, 1.165) is 11.1 Å². The molecule has 21 heavy (non-hydrogen) atoms. The van der Waals surface area contributed by atoms with Gasteiger partial charge in [0, 0.05) is 6.54 Å². The van der Waals surface area contributed by atoms with E-state index in [-0.39, 0.29) is 11.6 Å². The SMILES string of the molecule is CCn1c(=O)oc2cc(C(Cl)c3cccc(F)c3)ccc21. The first-order chi connectivity index (χ1) is 10.1. The van der Waals surface area contributed by atoms with Gasteiger partial charge in [-0.15, -0.1) is 11.6 Å². The lowest BCUT2D eigenvalue weighted by atomic mass is 10.0. The summed E-state index contributed by atoms with van der Waals surface area (Å²) in [5.41, 5.74) is 2.64. The lowest BCUT2D eigenvalue weighted by Crippen LogP contribution is -2.11. The molecule has 2 aromatic carbocycles. The summed E-state index contributed by atoms with van der Waals surface area (Å²) in [5, 5.41) is -0.500. The van der Waals surface area contributed by atoms with E-state index < -0.39 is 5.38 Å². The number of fused-ring (bicyclic) bond motifs is 1. The lowest BCUT2D eigenvalue weighted by Gasteiger charge is -2.10. The Morgan fingerprint density at radius 3 is 2.71 bits per heavy atom. The van der Waals surface area contributed by atoms with Crippen molar-refractivity contribution in [1.29, 1.82) is 0 Å². The predicted molar refractivity (Wildman–Crippen MR) is 80.2 cm³/mol. The Morgan fingerprint density at radius 2 is 2.00 bits per heavy atom. The smallest absolute Gasteiger partial charge is 0.408 e. The second kappa shape index (κ2) is 5.37. The number of halogens is 2. The number of aryl methyl sites for hydroxylation is 1. The van der Waals surface area contributed by atoms with Crippen LogP contribution < -0.4 is 5.76 Å². The van der Waals surface area contributed by atoms with Gasteiger partial charge < -0.3 is 4.42 Å². The van der Waals surface area contributed by atoms with Crippen molar-refractivity contribution in [3.63, 3.8) is 0 Å². The molecule has 0 N–H and O–H groups in total. The van der Waals surface area contributed by atoms with Crippen LogP contribution in [0.4, 0.5) is 4.39 Å². The summed E-state index contributed by atoms with van der Waals surface area (Å²) < 4.78 is 20.0. The molecule has 0 radical (unpaired) electrons. The zero-order valence-corrected chi connectivity index (χ0v) is 12.1. The Bertz CT molecular complexity index is 853. The Kier molecular flexibility index (Phi) is 3.55. The highest BCUT2D eigenvalue weighted by Crippen LogP contribution is 2.31. The van der Waals surface area contributed by atoms with Gasteiger partial charge in [-0.2, -0.15) is 0 Å². The average molecular weight is 306 g/mol. The van der Waals surface area contributed by atoms with Crippen molar-refractivity contribution < 1.29 is 8.81 Å². The van der Waals surface area contributed by atoms with Crippen LogP contribution in [0.2, 0.25) is 0 Å². The molecular formula is C16H13ClFNO2. The molecule has 1 unspecified atom stereocenters. The first kappa shape index (κ1) is 13.9. The highest BCUT2D eigenvalue weighted by molar-refractivity contribution is 6.22. The molecule has 5 heteroatoms. The molecule has 0 saturated carbocycles. The summed E-state index contributed by atoms with van der Waals surface area (Å²) in [7, 11) is 0. The monoisotopic (exact) mass is 305 g/mol. The third-order valence-corrected chi connectivity index (χ3v) is 3.95. The third-order valence-electron chi connectivity index (χ3n) is 3.44. The molecule has 0 amide bonds. The zero-order valence-electron chi connectivity index (χ0n) is 11.3. The van der Waals surface area contributed by atoms with Gasteiger partial charge in [0.05, 0.1) is 10.9 Å². The van der Waals surface area contributed by atoms with Crippen LogP contribution in [0.5, 0.6) is 0 Å². The minimum absolute atomic E-state index is 0.331. The summed E-state index contributed by atoms with van der Waals surface area (Å²) in [6, 6.07) is 11.5. The Labute approximate surface area is 125 Å². The molecule has 1 aromatic heterocycles. The maximum Gasteiger partial charge on any atom is 0.419 e. The standard InChI is InChI=1S/C16H13ClFNO2/c1-2-19-13-7-6-11(9-14(13)21-16(19)20)15(17)10-4-3-5-12(18)8-10/h3-9,15H,2H2,1H3. The number of benzene rings is 2. The van der Waals surface area contributed by atoms with Crippen LogP contribution in [0.3, 0.4) is 0 Å². The molecule has 1 heterocycles. The van der Waals surface area contributed by atoms with Crippen LogP contribution in [-0.2, 0) is 6.54 Å². The molecule has 1 atom stereocenters. The van der Waals surface area contributed by atoms with Gasteiger partial charge in [0.1, 0.15) is 5.82 Å². The number of hydrogen-bond donors (Lipinski definition) is 0. The molecule has 0 bridgehead atoms. The molecule has 3 aromatic rings. The molecule has 0 fully saturated rings. The highest BCUT2D eigenvalue weighted by atomic mass is 35.5. The van der Waals surface area contributed by atoms with Gasteiger partial charge in [0.2, 0.25) is 0 Å². The molecule has 3 nitrogen and oxygen atoms in total. The second-order valence-electron chi connectivity index (χ2n) is 4.76. The van der Waals surface area contributed by atoms with Crippen LogP contribution in [0.25, 0.3) is 11.1 Å². The van der Waals surface area contributed by atoms with Crippen molar-refractivity contribution in [3.8, 4) is 0 Å². The van der Waals surface area contributed by atoms with Gasteiger partial charge in [-0.1, -0.05) is 18.2 Å². The van der Waals surface area contributed by atoms with Crippen molar-refractivity contribution in [2.75, 3.05) is 0 Å². The van der Waals surface area contributed by atoms with Gasteiger partial charge >= 0.3 is 5.76 Å². The van der Waals surface area contributed by atoms with Crippen molar-refractivity contribution in [2.24, 2.45) is 0 Å². The second-order valence-corrected chi connectivity index (χ2v) is 5.19.